The number of pyridine rings is 1. The lowest BCUT2D eigenvalue weighted by molar-refractivity contribution is 0.501. The fourth-order valence-electron chi connectivity index (χ4n) is 2.74. The minimum atomic E-state index is 0.184. The standard InChI is InChI=1S/C15H20BrN5/c1-11(18-9-12-7-13(16)10-17-8-12)15-20-19-14-5-3-2-4-6-21(14)15/h7-8,10-11,18H,2-6,9H2,1H3. The van der Waals surface area contributed by atoms with Gasteiger partial charge in [0.15, 0.2) is 0 Å². The van der Waals surface area contributed by atoms with Gasteiger partial charge in [0.2, 0.25) is 0 Å². The van der Waals surface area contributed by atoms with Gasteiger partial charge in [-0.15, -0.1) is 10.2 Å². The molecule has 2 aromatic heterocycles. The monoisotopic (exact) mass is 349 g/mol. The van der Waals surface area contributed by atoms with Crippen LogP contribution in [0.1, 0.15) is 49.4 Å². The Morgan fingerprint density at radius 1 is 1.29 bits per heavy atom. The van der Waals surface area contributed by atoms with Gasteiger partial charge in [-0.3, -0.25) is 4.98 Å². The molecule has 1 atom stereocenters. The summed E-state index contributed by atoms with van der Waals surface area (Å²) in [5, 5.41) is 12.3. The zero-order valence-corrected chi connectivity index (χ0v) is 13.8. The highest BCUT2D eigenvalue weighted by atomic mass is 79.9. The highest BCUT2D eigenvalue weighted by Gasteiger charge is 2.18. The van der Waals surface area contributed by atoms with Crippen LogP contribution in [0.15, 0.2) is 22.9 Å². The first kappa shape index (κ1) is 14.7. The molecule has 0 saturated carbocycles. The van der Waals surface area contributed by atoms with Crippen molar-refractivity contribution in [3.8, 4) is 0 Å². The fourth-order valence-corrected chi connectivity index (χ4v) is 3.15. The molecule has 5 nitrogen and oxygen atoms in total. The molecule has 21 heavy (non-hydrogen) atoms. The number of aryl methyl sites for hydroxylation is 1. The number of halogens is 1. The zero-order valence-electron chi connectivity index (χ0n) is 12.2. The number of nitrogens with zero attached hydrogens (tertiary/aromatic N) is 4. The number of rotatable bonds is 4. The number of nitrogens with one attached hydrogen (secondary N) is 1. The Balaban J connectivity index is 1.68. The van der Waals surface area contributed by atoms with Crippen molar-refractivity contribution < 1.29 is 0 Å². The molecule has 0 fully saturated rings. The van der Waals surface area contributed by atoms with E-state index in [1.807, 2.05) is 6.20 Å². The van der Waals surface area contributed by atoms with E-state index in [0.717, 1.165) is 41.2 Å². The molecule has 0 spiro atoms. The first-order valence-corrected chi connectivity index (χ1v) is 8.28. The number of aromatic nitrogens is 4. The maximum atomic E-state index is 4.39. The second-order valence-corrected chi connectivity index (χ2v) is 6.47. The number of hydrogen-bond donors (Lipinski definition) is 1. The van der Waals surface area contributed by atoms with E-state index < -0.39 is 0 Å². The topological polar surface area (TPSA) is 55.6 Å². The van der Waals surface area contributed by atoms with Crippen LogP contribution in [0.4, 0.5) is 0 Å². The maximum absolute atomic E-state index is 4.39. The van der Waals surface area contributed by atoms with Crippen LogP contribution in [-0.4, -0.2) is 19.7 Å². The highest BCUT2D eigenvalue weighted by molar-refractivity contribution is 9.10. The van der Waals surface area contributed by atoms with Crippen LogP contribution in [0.3, 0.4) is 0 Å². The molecule has 1 unspecified atom stereocenters. The van der Waals surface area contributed by atoms with Crippen molar-refractivity contribution in [1.29, 1.82) is 0 Å². The Labute approximate surface area is 133 Å². The predicted molar refractivity (Wildman–Crippen MR) is 84.8 cm³/mol. The maximum Gasteiger partial charge on any atom is 0.149 e. The SMILES string of the molecule is CC(NCc1cncc(Br)c1)c1nnc2n1CCCCC2. The molecular formula is C15H20BrN5. The van der Waals surface area contributed by atoms with Gasteiger partial charge < -0.3 is 9.88 Å². The van der Waals surface area contributed by atoms with E-state index in [-0.39, 0.29) is 6.04 Å². The van der Waals surface area contributed by atoms with Crippen molar-refractivity contribution in [3.63, 3.8) is 0 Å². The number of fused-ring (bicyclic) bond motifs is 1. The fraction of sp³-hybridized carbons (Fsp3) is 0.533. The second kappa shape index (κ2) is 6.66. The van der Waals surface area contributed by atoms with Crippen molar-refractivity contribution in [2.24, 2.45) is 0 Å². The summed E-state index contributed by atoms with van der Waals surface area (Å²) in [5.41, 5.74) is 1.16. The molecule has 0 bridgehead atoms. The van der Waals surface area contributed by atoms with Crippen LogP contribution in [0.5, 0.6) is 0 Å². The van der Waals surface area contributed by atoms with Crippen LogP contribution in [0.25, 0.3) is 0 Å². The van der Waals surface area contributed by atoms with Gasteiger partial charge in [0, 0.05) is 36.4 Å². The molecular weight excluding hydrogens is 330 g/mol. The van der Waals surface area contributed by atoms with Crippen LogP contribution < -0.4 is 5.32 Å². The van der Waals surface area contributed by atoms with Crippen LogP contribution in [0.2, 0.25) is 0 Å². The molecule has 0 radical (unpaired) electrons. The molecule has 2 aromatic rings. The van der Waals surface area contributed by atoms with E-state index in [4.69, 9.17) is 0 Å². The minimum Gasteiger partial charge on any atom is -0.314 e. The van der Waals surface area contributed by atoms with E-state index in [0.29, 0.717) is 0 Å². The van der Waals surface area contributed by atoms with Gasteiger partial charge in [-0.2, -0.15) is 0 Å². The molecule has 6 heteroatoms. The third-order valence-electron chi connectivity index (χ3n) is 3.90. The third-order valence-corrected chi connectivity index (χ3v) is 4.33. The van der Waals surface area contributed by atoms with Gasteiger partial charge in [-0.25, -0.2) is 0 Å². The van der Waals surface area contributed by atoms with Gasteiger partial charge in [0.25, 0.3) is 0 Å². The second-order valence-electron chi connectivity index (χ2n) is 5.55. The number of hydrogen-bond acceptors (Lipinski definition) is 4. The van der Waals surface area contributed by atoms with Gasteiger partial charge in [-0.05, 0) is 47.3 Å². The summed E-state index contributed by atoms with van der Waals surface area (Å²) in [7, 11) is 0. The Morgan fingerprint density at radius 3 is 3.05 bits per heavy atom. The Kier molecular flexibility index (Phi) is 4.65. The van der Waals surface area contributed by atoms with Gasteiger partial charge in [0.05, 0.1) is 6.04 Å². The lowest BCUT2D eigenvalue weighted by atomic mass is 10.2. The summed E-state index contributed by atoms with van der Waals surface area (Å²) < 4.78 is 3.30. The molecule has 3 heterocycles. The molecule has 1 aliphatic rings. The van der Waals surface area contributed by atoms with E-state index >= 15 is 0 Å². The van der Waals surface area contributed by atoms with Crippen molar-refractivity contribution in [1.82, 2.24) is 25.1 Å². The first-order chi connectivity index (χ1) is 10.2. The zero-order chi connectivity index (χ0) is 14.7. The molecule has 0 saturated heterocycles. The van der Waals surface area contributed by atoms with Crippen LogP contribution >= 0.6 is 15.9 Å². The summed E-state index contributed by atoms with van der Waals surface area (Å²) in [4.78, 5) is 4.19. The van der Waals surface area contributed by atoms with Crippen molar-refractivity contribution >= 4 is 15.9 Å². The van der Waals surface area contributed by atoms with E-state index in [9.17, 15) is 0 Å². The summed E-state index contributed by atoms with van der Waals surface area (Å²) in [5.74, 6) is 2.19. The summed E-state index contributed by atoms with van der Waals surface area (Å²) in [6.45, 7) is 3.96. The predicted octanol–water partition coefficient (Wildman–Crippen LogP) is 3.01. The third kappa shape index (κ3) is 3.49. The van der Waals surface area contributed by atoms with Crippen molar-refractivity contribution in [2.45, 2.75) is 51.7 Å². The molecule has 1 aliphatic heterocycles. The largest absolute Gasteiger partial charge is 0.314 e. The lowest BCUT2D eigenvalue weighted by Gasteiger charge is -2.15. The average Bonchev–Trinajstić information content (AvgIpc) is 2.74. The van der Waals surface area contributed by atoms with Crippen molar-refractivity contribution in [3.05, 3.63) is 40.1 Å². The normalized spacial score (nSPS) is 16.3. The van der Waals surface area contributed by atoms with Gasteiger partial charge in [0.1, 0.15) is 11.6 Å². The quantitative estimate of drug-likeness (QED) is 0.921. The Morgan fingerprint density at radius 2 is 2.19 bits per heavy atom. The van der Waals surface area contributed by atoms with E-state index in [2.05, 4.69) is 54.0 Å². The molecule has 0 aromatic carbocycles. The average molecular weight is 350 g/mol. The Bertz CT molecular complexity index is 610. The minimum absolute atomic E-state index is 0.184. The summed E-state index contributed by atoms with van der Waals surface area (Å²) in [6.07, 6.45) is 8.47. The first-order valence-electron chi connectivity index (χ1n) is 7.49. The molecule has 0 aliphatic carbocycles. The van der Waals surface area contributed by atoms with Crippen molar-refractivity contribution in [2.75, 3.05) is 0 Å². The highest BCUT2D eigenvalue weighted by Crippen LogP contribution is 2.19. The summed E-state index contributed by atoms with van der Waals surface area (Å²) in [6, 6.07) is 2.26. The molecule has 0 amide bonds. The molecule has 3 rings (SSSR count). The van der Waals surface area contributed by atoms with Gasteiger partial charge >= 0.3 is 0 Å². The Hall–Kier alpha value is -1.27. The van der Waals surface area contributed by atoms with E-state index in [1.165, 1.54) is 19.3 Å². The smallest absolute Gasteiger partial charge is 0.149 e. The summed E-state index contributed by atoms with van der Waals surface area (Å²) >= 11 is 3.45. The van der Waals surface area contributed by atoms with E-state index in [1.54, 1.807) is 6.20 Å². The molecule has 1 N–H and O–H groups in total. The van der Waals surface area contributed by atoms with Crippen LogP contribution in [-0.2, 0) is 19.5 Å². The van der Waals surface area contributed by atoms with Crippen LogP contribution in [0, 0.1) is 0 Å². The van der Waals surface area contributed by atoms with Gasteiger partial charge in [-0.1, -0.05) is 6.42 Å². The molecule has 112 valence electrons. The lowest BCUT2D eigenvalue weighted by Crippen LogP contribution is -2.22.